The normalized spacial score (nSPS) is 11.1. The van der Waals surface area contributed by atoms with E-state index >= 15 is 0 Å². The Morgan fingerprint density at radius 1 is 1.17 bits per heavy atom. The summed E-state index contributed by atoms with van der Waals surface area (Å²) in [6, 6.07) is 11.2. The van der Waals surface area contributed by atoms with E-state index in [1.54, 1.807) is 25.1 Å². The summed E-state index contributed by atoms with van der Waals surface area (Å²) in [6.45, 7) is 3.15. The van der Waals surface area contributed by atoms with Crippen LogP contribution in [-0.2, 0) is 19.6 Å². The average molecular weight is 351 g/mol. The molecule has 7 heteroatoms. The van der Waals surface area contributed by atoms with Crippen molar-refractivity contribution in [1.82, 2.24) is 0 Å². The standard InChI is InChI=1S/C17H18FNO4S/c1-3-23-17(20)12-19(15-6-4-5-13(2)11-15)24(21,22)16-9-7-14(18)8-10-16/h4-11H,3,12H2,1-2H3. The number of anilines is 1. The summed E-state index contributed by atoms with van der Waals surface area (Å²) < 4.78 is 44.7. The van der Waals surface area contributed by atoms with Crippen LogP contribution in [0.4, 0.5) is 10.1 Å². The van der Waals surface area contributed by atoms with Crippen LogP contribution in [0.2, 0.25) is 0 Å². The second kappa shape index (κ2) is 7.44. The maximum Gasteiger partial charge on any atom is 0.326 e. The predicted molar refractivity (Wildman–Crippen MR) is 88.7 cm³/mol. The average Bonchev–Trinajstić information content (AvgIpc) is 2.53. The maximum atomic E-state index is 13.1. The number of hydrogen-bond donors (Lipinski definition) is 0. The molecule has 0 bridgehead atoms. The zero-order valence-corrected chi connectivity index (χ0v) is 14.2. The van der Waals surface area contributed by atoms with Crippen LogP contribution < -0.4 is 4.31 Å². The molecular weight excluding hydrogens is 333 g/mol. The third-order valence-corrected chi connectivity index (χ3v) is 5.06. The molecule has 2 rings (SSSR count). The lowest BCUT2D eigenvalue weighted by Gasteiger charge is -2.24. The second-order valence-electron chi connectivity index (χ2n) is 5.11. The summed E-state index contributed by atoms with van der Waals surface area (Å²) in [5.74, 6) is -1.20. The van der Waals surface area contributed by atoms with Crippen LogP contribution in [0.5, 0.6) is 0 Å². The molecule has 0 aliphatic heterocycles. The molecule has 0 unspecified atom stereocenters. The molecule has 24 heavy (non-hydrogen) atoms. The van der Waals surface area contributed by atoms with Gasteiger partial charge in [0.05, 0.1) is 17.2 Å². The lowest BCUT2D eigenvalue weighted by atomic mass is 10.2. The van der Waals surface area contributed by atoms with Gasteiger partial charge in [0.15, 0.2) is 0 Å². The van der Waals surface area contributed by atoms with Crippen molar-refractivity contribution in [2.24, 2.45) is 0 Å². The van der Waals surface area contributed by atoms with Gasteiger partial charge in [-0.2, -0.15) is 0 Å². The monoisotopic (exact) mass is 351 g/mol. The van der Waals surface area contributed by atoms with Gasteiger partial charge in [0.25, 0.3) is 10.0 Å². The molecule has 0 aromatic heterocycles. The summed E-state index contributed by atoms with van der Waals surface area (Å²) in [6.07, 6.45) is 0. The molecule has 0 amide bonds. The highest BCUT2D eigenvalue weighted by Crippen LogP contribution is 2.24. The minimum atomic E-state index is -4.04. The van der Waals surface area contributed by atoms with Crippen molar-refractivity contribution in [2.75, 3.05) is 17.5 Å². The number of nitrogens with zero attached hydrogens (tertiary/aromatic N) is 1. The largest absolute Gasteiger partial charge is 0.465 e. The van der Waals surface area contributed by atoms with Gasteiger partial charge in [0, 0.05) is 0 Å². The lowest BCUT2D eigenvalue weighted by molar-refractivity contribution is -0.141. The Hall–Kier alpha value is -2.41. The van der Waals surface area contributed by atoms with Gasteiger partial charge in [-0.05, 0) is 55.8 Å². The number of hydrogen-bond acceptors (Lipinski definition) is 4. The molecule has 0 saturated carbocycles. The Labute approximate surface area is 140 Å². The fourth-order valence-corrected chi connectivity index (χ4v) is 3.56. The summed E-state index contributed by atoms with van der Waals surface area (Å²) in [4.78, 5) is 11.8. The Balaban J connectivity index is 2.48. The first-order valence-electron chi connectivity index (χ1n) is 7.35. The molecule has 0 heterocycles. The van der Waals surface area contributed by atoms with E-state index in [-0.39, 0.29) is 11.5 Å². The van der Waals surface area contributed by atoms with Crippen LogP contribution in [0.3, 0.4) is 0 Å². The van der Waals surface area contributed by atoms with E-state index in [4.69, 9.17) is 4.74 Å². The topological polar surface area (TPSA) is 63.7 Å². The molecule has 0 radical (unpaired) electrons. The summed E-state index contributed by atoms with van der Waals surface area (Å²) in [5.41, 5.74) is 1.18. The zero-order valence-electron chi connectivity index (χ0n) is 13.4. The first-order chi connectivity index (χ1) is 11.3. The zero-order chi connectivity index (χ0) is 17.7. The molecule has 0 aliphatic carbocycles. The Kier molecular flexibility index (Phi) is 5.56. The third-order valence-electron chi connectivity index (χ3n) is 3.27. The number of carbonyl (C=O) groups is 1. The number of esters is 1. The van der Waals surface area contributed by atoms with Gasteiger partial charge >= 0.3 is 5.97 Å². The number of rotatable bonds is 6. The predicted octanol–water partition coefficient (Wildman–Crippen LogP) is 2.89. The number of carbonyl (C=O) groups excluding carboxylic acids is 1. The van der Waals surface area contributed by atoms with E-state index in [0.29, 0.717) is 5.69 Å². The molecule has 0 atom stereocenters. The van der Waals surface area contributed by atoms with Crippen LogP contribution in [0.25, 0.3) is 0 Å². The Bertz CT molecular complexity index is 819. The quantitative estimate of drug-likeness (QED) is 0.751. The van der Waals surface area contributed by atoms with Gasteiger partial charge in [0.2, 0.25) is 0 Å². The Morgan fingerprint density at radius 3 is 2.42 bits per heavy atom. The van der Waals surface area contributed by atoms with Crippen molar-refractivity contribution in [3.63, 3.8) is 0 Å². The van der Waals surface area contributed by atoms with Crippen molar-refractivity contribution in [2.45, 2.75) is 18.7 Å². The molecule has 0 N–H and O–H groups in total. The minimum Gasteiger partial charge on any atom is -0.465 e. The van der Waals surface area contributed by atoms with Gasteiger partial charge in [-0.25, -0.2) is 12.8 Å². The number of sulfonamides is 1. The van der Waals surface area contributed by atoms with Crippen molar-refractivity contribution in [1.29, 1.82) is 0 Å². The fourth-order valence-electron chi connectivity index (χ4n) is 2.16. The van der Waals surface area contributed by atoms with Crippen molar-refractivity contribution >= 4 is 21.7 Å². The van der Waals surface area contributed by atoms with Gasteiger partial charge < -0.3 is 4.74 Å². The molecule has 0 aliphatic rings. The first-order valence-corrected chi connectivity index (χ1v) is 8.79. The van der Waals surface area contributed by atoms with Gasteiger partial charge in [-0.3, -0.25) is 9.10 Å². The molecule has 0 saturated heterocycles. The minimum absolute atomic E-state index is 0.102. The van der Waals surface area contributed by atoms with E-state index in [2.05, 4.69) is 0 Å². The highest BCUT2D eigenvalue weighted by molar-refractivity contribution is 7.92. The van der Waals surface area contributed by atoms with Crippen LogP contribution >= 0.6 is 0 Å². The fraction of sp³-hybridized carbons (Fsp3) is 0.235. The van der Waals surface area contributed by atoms with Crippen LogP contribution in [0, 0.1) is 12.7 Å². The molecule has 128 valence electrons. The molecule has 2 aromatic rings. The number of benzene rings is 2. The SMILES string of the molecule is CCOC(=O)CN(c1cccc(C)c1)S(=O)(=O)c1ccc(F)cc1. The Morgan fingerprint density at radius 2 is 1.83 bits per heavy atom. The first kappa shape index (κ1) is 17.9. The number of aryl methyl sites for hydroxylation is 1. The van der Waals surface area contributed by atoms with E-state index in [0.717, 1.165) is 22.0 Å². The van der Waals surface area contributed by atoms with Crippen molar-refractivity contribution in [3.05, 3.63) is 59.9 Å². The molecule has 5 nitrogen and oxygen atoms in total. The molecule has 0 fully saturated rings. The molecule has 0 spiro atoms. The van der Waals surface area contributed by atoms with E-state index in [1.807, 2.05) is 13.0 Å². The van der Waals surface area contributed by atoms with Gasteiger partial charge in [-0.1, -0.05) is 12.1 Å². The highest BCUT2D eigenvalue weighted by atomic mass is 32.2. The van der Waals surface area contributed by atoms with Gasteiger partial charge in [0.1, 0.15) is 12.4 Å². The summed E-state index contributed by atoms with van der Waals surface area (Å²) in [7, 11) is -4.04. The van der Waals surface area contributed by atoms with Crippen molar-refractivity contribution in [3.8, 4) is 0 Å². The highest BCUT2D eigenvalue weighted by Gasteiger charge is 2.27. The smallest absolute Gasteiger partial charge is 0.326 e. The molecule has 2 aromatic carbocycles. The lowest BCUT2D eigenvalue weighted by Crippen LogP contribution is -2.36. The van der Waals surface area contributed by atoms with Gasteiger partial charge in [-0.15, -0.1) is 0 Å². The summed E-state index contributed by atoms with van der Waals surface area (Å²) >= 11 is 0. The van der Waals surface area contributed by atoms with E-state index < -0.39 is 28.4 Å². The van der Waals surface area contributed by atoms with E-state index in [1.165, 1.54) is 12.1 Å². The second-order valence-corrected chi connectivity index (χ2v) is 6.97. The third kappa shape index (κ3) is 4.11. The van der Waals surface area contributed by atoms with Crippen LogP contribution in [-0.4, -0.2) is 27.5 Å². The van der Waals surface area contributed by atoms with Crippen LogP contribution in [0.1, 0.15) is 12.5 Å². The summed E-state index contributed by atoms with van der Waals surface area (Å²) in [5, 5.41) is 0. The number of halogens is 1. The molecular formula is C17H18FNO4S. The van der Waals surface area contributed by atoms with Crippen LogP contribution in [0.15, 0.2) is 53.4 Å². The van der Waals surface area contributed by atoms with Crippen molar-refractivity contribution < 1.29 is 22.3 Å². The number of ether oxygens (including phenoxy) is 1. The van der Waals surface area contributed by atoms with E-state index in [9.17, 15) is 17.6 Å². The maximum absolute atomic E-state index is 13.1.